The van der Waals surface area contributed by atoms with Crippen LogP contribution in [0.1, 0.15) is 20.3 Å². The Kier molecular flexibility index (Phi) is 6.49. The highest BCUT2D eigenvalue weighted by Gasteiger charge is 2.22. The first-order chi connectivity index (χ1) is 9.13. The van der Waals surface area contributed by atoms with E-state index in [9.17, 15) is 10.1 Å². The van der Waals surface area contributed by atoms with Gasteiger partial charge in [-0.3, -0.25) is 10.1 Å². The molecule has 106 valence electrons. The van der Waals surface area contributed by atoms with E-state index >= 15 is 0 Å². The quantitative estimate of drug-likeness (QED) is 0.584. The molecule has 1 atom stereocenters. The number of hydrogen-bond donors (Lipinski definition) is 1. The minimum absolute atomic E-state index is 0.0175. The lowest BCUT2D eigenvalue weighted by molar-refractivity contribution is -0.385. The standard InChI is InChI=1S/C13H20N2O3S/c1-4-10(9-19-3)14-11-7-6-8-12(18-5-2)13(11)15(16)17/h6-8,10,14H,4-5,9H2,1-3H3. The van der Waals surface area contributed by atoms with Crippen molar-refractivity contribution in [3.63, 3.8) is 0 Å². The van der Waals surface area contributed by atoms with E-state index in [1.807, 2.05) is 13.2 Å². The average Bonchev–Trinajstić information content (AvgIpc) is 2.38. The van der Waals surface area contributed by atoms with Crippen LogP contribution in [0.2, 0.25) is 0 Å². The molecule has 0 aliphatic carbocycles. The molecule has 1 N–H and O–H groups in total. The molecule has 0 fully saturated rings. The first kappa shape index (κ1) is 15.6. The van der Waals surface area contributed by atoms with Crippen LogP contribution in [-0.2, 0) is 0 Å². The van der Waals surface area contributed by atoms with Crippen molar-refractivity contribution in [2.45, 2.75) is 26.3 Å². The molecule has 0 spiro atoms. The third-order valence-electron chi connectivity index (χ3n) is 2.70. The van der Waals surface area contributed by atoms with E-state index in [4.69, 9.17) is 4.74 Å². The van der Waals surface area contributed by atoms with Gasteiger partial charge in [0, 0.05) is 11.8 Å². The summed E-state index contributed by atoms with van der Waals surface area (Å²) in [6.07, 6.45) is 2.94. The predicted octanol–water partition coefficient (Wildman–Crippen LogP) is 3.55. The third-order valence-corrected chi connectivity index (χ3v) is 3.44. The molecule has 6 heteroatoms. The second-order valence-corrected chi connectivity index (χ2v) is 4.96. The van der Waals surface area contributed by atoms with Crippen molar-refractivity contribution in [3.05, 3.63) is 28.3 Å². The monoisotopic (exact) mass is 284 g/mol. The molecule has 0 saturated carbocycles. The van der Waals surface area contributed by atoms with E-state index in [0.717, 1.165) is 12.2 Å². The van der Waals surface area contributed by atoms with Gasteiger partial charge in [-0.05, 0) is 31.7 Å². The minimum Gasteiger partial charge on any atom is -0.487 e. The highest BCUT2D eigenvalue weighted by molar-refractivity contribution is 7.98. The van der Waals surface area contributed by atoms with E-state index in [0.29, 0.717) is 18.0 Å². The van der Waals surface area contributed by atoms with Crippen molar-refractivity contribution in [2.24, 2.45) is 0 Å². The van der Waals surface area contributed by atoms with Gasteiger partial charge in [0.2, 0.25) is 0 Å². The molecular weight excluding hydrogens is 264 g/mol. The van der Waals surface area contributed by atoms with Crippen LogP contribution in [0.15, 0.2) is 18.2 Å². The maximum absolute atomic E-state index is 11.2. The number of nitro benzene ring substituents is 1. The molecule has 0 aliphatic rings. The molecular formula is C13H20N2O3S. The van der Waals surface area contributed by atoms with E-state index in [-0.39, 0.29) is 16.7 Å². The summed E-state index contributed by atoms with van der Waals surface area (Å²) in [6, 6.07) is 5.34. The van der Waals surface area contributed by atoms with Gasteiger partial charge in [-0.15, -0.1) is 0 Å². The van der Waals surface area contributed by atoms with Crippen LogP contribution < -0.4 is 10.1 Å². The Morgan fingerprint density at radius 2 is 2.21 bits per heavy atom. The first-order valence-corrected chi connectivity index (χ1v) is 7.69. The average molecular weight is 284 g/mol. The smallest absolute Gasteiger partial charge is 0.333 e. The molecule has 1 rings (SSSR count). The zero-order valence-corrected chi connectivity index (χ0v) is 12.3. The van der Waals surface area contributed by atoms with E-state index in [1.54, 1.807) is 30.0 Å². The summed E-state index contributed by atoms with van der Waals surface area (Å²) < 4.78 is 5.33. The lowest BCUT2D eigenvalue weighted by atomic mass is 10.2. The highest BCUT2D eigenvalue weighted by atomic mass is 32.2. The maximum atomic E-state index is 11.2. The Hall–Kier alpha value is -1.43. The Bertz CT molecular complexity index is 426. The summed E-state index contributed by atoms with van der Waals surface area (Å²) in [5, 5.41) is 14.5. The summed E-state index contributed by atoms with van der Waals surface area (Å²) in [5.74, 6) is 1.23. The fourth-order valence-electron chi connectivity index (χ4n) is 1.78. The van der Waals surface area contributed by atoms with Gasteiger partial charge in [0.1, 0.15) is 5.69 Å². The van der Waals surface area contributed by atoms with E-state index in [2.05, 4.69) is 12.2 Å². The number of para-hydroxylation sites is 1. The Morgan fingerprint density at radius 3 is 2.74 bits per heavy atom. The van der Waals surface area contributed by atoms with Crippen LogP contribution in [-0.4, -0.2) is 29.6 Å². The van der Waals surface area contributed by atoms with E-state index in [1.165, 1.54) is 0 Å². The number of benzene rings is 1. The topological polar surface area (TPSA) is 64.4 Å². The number of anilines is 1. The van der Waals surface area contributed by atoms with Gasteiger partial charge in [-0.1, -0.05) is 13.0 Å². The Morgan fingerprint density at radius 1 is 1.47 bits per heavy atom. The van der Waals surface area contributed by atoms with Crippen molar-refractivity contribution in [1.29, 1.82) is 0 Å². The van der Waals surface area contributed by atoms with Crippen LogP contribution in [0, 0.1) is 10.1 Å². The van der Waals surface area contributed by atoms with Crippen LogP contribution in [0.5, 0.6) is 5.75 Å². The van der Waals surface area contributed by atoms with Gasteiger partial charge >= 0.3 is 5.69 Å². The largest absolute Gasteiger partial charge is 0.487 e. The molecule has 1 unspecified atom stereocenters. The molecule has 0 radical (unpaired) electrons. The second-order valence-electron chi connectivity index (χ2n) is 4.05. The van der Waals surface area contributed by atoms with Gasteiger partial charge in [0.05, 0.1) is 11.5 Å². The number of hydrogen-bond acceptors (Lipinski definition) is 5. The Labute approximate surface area is 117 Å². The molecule has 1 aromatic carbocycles. The van der Waals surface area contributed by atoms with Crippen molar-refractivity contribution >= 4 is 23.1 Å². The normalized spacial score (nSPS) is 11.9. The van der Waals surface area contributed by atoms with E-state index < -0.39 is 0 Å². The number of nitrogens with zero attached hydrogens (tertiary/aromatic N) is 1. The molecule has 0 heterocycles. The summed E-state index contributed by atoms with van der Waals surface area (Å²) in [4.78, 5) is 10.8. The number of thioether (sulfide) groups is 1. The first-order valence-electron chi connectivity index (χ1n) is 6.29. The lowest BCUT2D eigenvalue weighted by Gasteiger charge is -2.17. The summed E-state index contributed by atoms with van der Waals surface area (Å²) in [5.41, 5.74) is 0.542. The van der Waals surface area contributed by atoms with Crippen molar-refractivity contribution in [3.8, 4) is 5.75 Å². The van der Waals surface area contributed by atoms with Crippen LogP contribution >= 0.6 is 11.8 Å². The zero-order chi connectivity index (χ0) is 14.3. The minimum atomic E-state index is -0.390. The van der Waals surface area contributed by atoms with Crippen molar-refractivity contribution in [1.82, 2.24) is 0 Å². The molecule has 1 aromatic rings. The fourth-order valence-corrected chi connectivity index (χ4v) is 2.50. The molecule has 0 aliphatic heterocycles. The molecule has 0 bridgehead atoms. The van der Waals surface area contributed by atoms with Crippen molar-refractivity contribution < 1.29 is 9.66 Å². The molecule has 0 aromatic heterocycles. The second kappa shape index (κ2) is 7.89. The predicted molar refractivity (Wildman–Crippen MR) is 80.3 cm³/mol. The molecule has 19 heavy (non-hydrogen) atoms. The van der Waals surface area contributed by atoms with Gasteiger partial charge in [0.15, 0.2) is 5.75 Å². The fraction of sp³-hybridized carbons (Fsp3) is 0.538. The Balaban J connectivity index is 3.04. The summed E-state index contributed by atoms with van der Waals surface area (Å²) in [7, 11) is 0. The van der Waals surface area contributed by atoms with Crippen LogP contribution in [0.4, 0.5) is 11.4 Å². The summed E-state index contributed by atoms with van der Waals surface area (Å²) >= 11 is 1.72. The SMILES string of the molecule is CCOc1cccc(NC(CC)CSC)c1[N+](=O)[O-]. The van der Waals surface area contributed by atoms with Gasteiger partial charge < -0.3 is 10.1 Å². The number of rotatable bonds is 8. The molecule has 0 saturated heterocycles. The molecule has 0 amide bonds. The number of ether oxygens (including phenoxy) is 1. The van der Waals surface area contributed by atoms with Gasteiger partial charge in [0.25, 0.3) is 0 Å². The van der Waals surface area contributed by atoms with Gasteiger partial charge in [-0.2, -0.15) is 11.8 Å². The highest BCUT2D eigenvalue weighted by Crippen LogP contribution is 2.35. The van der Waals surface area contributed by atoms with Crippen LogP contribution in [0.3, 0.4) is 0 Å². The zero-order valence-electron chi connectivity index (χ0n) is 11.5. The number of nitro groups is 1. The molecule has 5 nitrogen and oxygen atoms in total. The summed E-state index contributed by atoms with van der Waals surface area (Å²) in [6.45, 7) is 4.28. The lowest BCUT2D eigenvalue weighted by Crippen LogP contribution is -2.21. The number of nitrogens with one attached hydrogen (secondary N) is 1. The van der Waals surface area contributed by atoms with Crippen LogP contribution in [0.25, 0.3) is 0 Å². The van der Waals surface area contributed by atoms with Crippen molar-refractivity contribution in [2.75, 3.05) is 23.9 Å². The van der Waals surface area contributed by atoms with Gasteiger partial charge in [-0.25, -0.2) is 0 Å². The third kappa shape index (κ3) is 4.31. The maximum Gasteiger partial charge on any atom is 0.333 e.